The Labute approximate surface area is 169 Å². The Morgan fingerprint density at radius 1 is 1.31 bits per heavy atom. The second-order valence-corrected chi connectivity index (χ2v) is 8.18. The highest BCUT2D eigenvalue weighted by Gasteiger charge is 2.70. The molecule has 29 heavy (non-hydrogen) atoms. The van der Waals surface area contributed by atoms with Crippen LogP contribution in [0.2, 0.25) is 0 Å². The molecular formula is C21H27N5O3. The van der Waals surface area contributed by atoms with E-state index in [1.165, 1.54) is 12.5 Å². The van der Waals surface area contributed by atoms with Crippen molar-refractivity contribution in [2.45, 2.75) is 18.9 Å². The number of β-amino-alcohol motifs (C(OH)–C–C–N with tert-alkyl or cyclic N) is 1. The second kappa shape index (κ2) is 7.61. The molecule has 2 aromatic rings. The Morgan fingerprint density at radius 2 is 2.07 bits per heavy atom. The summed E-state index contributed by atoms with van der Waals surface area (Å²) in [6.07, 6.45) is 2.81. The smallest absolute Gasteiger partial charge is 0.238 e. The number of aliphatic hydroxyl groups excluding tert-OH is 1. The van der Waals surface area contributed by atoms with E-state index >= 15 is 0 Å². The second-order valence-electron chi connectivity index (χ2n) is 8.18. The van der Waals surface area contributed by atoms with Gasteiger partial charge in [-0.1, -0.05) is 30.3 Å². The minimum atomic E-state index is -0.544. The zero-order chi connectivity index (χ0) is 20.6. The molecule has 154 valence electrons. The van der Waals surface area contributed by atoms with Gasteiger partial charge in [0.15, 0.2) is 0 Å². The molecule has 8 heteroatoms. The van der Waals surface area contributed by atoms with Crippen LogP contribution in [-0.2, 0) is 16.6 Å². The lowest BCUT2D eigenvalue weighted by molar-refractivity contribution is -0.119. The van der Waals surface area contributed by atoms with E-state index in [2.05, 4.69) is 27.9 Å². The number of carbonyl (C=O) groups is 2. The molecule has 8 nitrogen and oxygen atoms in total. The van der Waals surface area contributed by atoms with Crippen molar-refractivity contribution in [3.63, 3.8) is 0 Å². The van der Waals surface area contributed by atoms with E-state index in [0.717, 1.165) is 0 Å². The van der Waals surface area contributed by atoms with Crippen LogP contribution >= 0.6 is 0 Å². The van der Waals surface area contributed by atoms with Crippen molar-refractivity contribution in [3.8, 4) is 0 Å². The first-order chi connectivity index (χ1) is 13.9. The quantitative estimate of drug-likeness (QED) is 0.662. The Bertz CT molecular complexity index is 899. The van der Waals surface area contributed by atoms with Crippen LogP contribution in [0.4, 0.5) is 5.69 Å². The molecule has 1 spiro atoms. The summed E-state index contributed by atoms with van der Waals surface area (Å²) in [5.41, 5.74) is 1.49. The number of likely N-dealkylation sites (tertiary alicyclic amines) is 1. The first-order valence-corrected chi connectivity index (χ1v) is 9.88. The molecule has 1 aromatic carbocycles. The van der Waals surface area contributed by atoms with Crippen molar-refractivity contribution in [1.29, 1.82) is 0 Å². The average molecular weight is 397 g/mol. The Balaban J connectivity index is 1.46. The zero-order valence-electron chi connectivity index (χ0n) is 16.7. The summed E-state index contributed by atoms with van der Waals surface area (Å²) >= 11 is 0. The predicted molar refractivity (Wildman–Crippen MR) is 108 cm³/mol. The van der Waals surface area contributed by atoms with Crippen LogP contribution in [0.5, 0.6) is 0 Å². The lowest BCUT2D eigenvalue weighted by Crippen LogP contribution is -2.32. The summed E-state index contributed by atoms with van der Waals surface area (Å²) in [5, 5.41) is 20.8. The van der Waals surface area contributed by atoms with Crippen molar-refractivity contribution in [3.05, 3.63) is 48.3 Å². The van der Waals surface area contributed by atoms with Crippen LogP contribution in [0, 0.1) is 11.3 Å². The van der Waals surface area contributed by atoms with Crippen LogP contribution in [-0.4, -0.2) is 63.9 Å². The number of anilines is 1. The predicted octanol–water partition coefficient (Wildman–Crippen LogP) is 0.571. The van der Waals surface area contributed by atoms with Gasteiger partial charge in [0.05, 0.1) is 24.5 Å². The van der Waals surface area contributed by atoms with Gasteiger partial charge < -0.3 is 15.7 Å². The van der Waals surface area contributed by atoms with Crippen LogP contribution in [0.15, 0.2) is 42.7 Å². The molecule has 2 heterocycles. The van der Waals surface area contributed by atoms with E-state index in [-0.39, 0.29) is 35.6 Å². The minimum absolute atomic E-state index is 0.0703. The number of benzene rings is 1. The summed E-state index contributed by atoms with van der Waals surface area (Å²) in [5.74, 6) is 0.115. The van der Waals surface area contributed by atoms with Crippen LogP contribution in [0.1, 0.15) is 18.4 Å². The first kappa shape index (κ1) is 19.6. The van der Waals surface area contributed by atoms with E-state index in [4.69, 9.17) is 0 Å². The van der Waals surface area contributed by atoms with Crippen LogP contribution < -0.4 is 10.6 Å². The zero-order valence-corrected chi connectivity index (χ0v) is 16.7. The number of hydrogen-bond acceptors (Lipinski definition) is 5. The maximum Gasteiger partial charge on any atom is 0.238 e. The highest BCUT2D eigenvalue weighted by atomic mass is 16.3. The Hall–Kier alpha value is -2.71. The minimum Gasteiger partial charge on any atom is -0.391 e. The van der Waals surface area contributed by atoms with Gasteiger partial charge in [0.1, 0.15) is 0 Å². The standard InChI is InChI=1S/C21H27N5O3/c1-14(27)22-9-17-20(15-6-4-3-5-7-15)21(17)13-26(11-18(21)28)12-19(29)24-16-8-23-25(2)10-16/h3-8,10,17-18,20,28H,9,11-13H2,1-2H3,(H,22,27)(H,24,29)/t17-,18-,20-,21-/m1/s1. The summed E-state index contributed by atoms with van der Waals surface area (Å²) in [4.78, 5) is 25.9. The number of aliphatic hydroxyl groups is 1. The molecule has 4 atom stereocenters. The third-order valence-corrected chi connectivity index (χ3v) is 6.20. The van der Waals surface area contributed by atoms with E-state index in [1.54, 1.807) is 24.1 Å². The molecule has 2 amide bonds. The summed E-state index contributed by atoms with van der Waals surface area (Å²) in [6.45, 7) is 3.31. The maximum absolute atomic E-state index is 12.4. The number of hydrogen-bond donors (Lipinski definition) is 3. The molecule has 1 aromatic heterocycles. The molecule has 2 aliphatic rings. The highest BCUT2D eigenvalue weighted by molar-refractivity contribution is 5.92. The number of carbonyl (C=O) groups excluding carboxylic acids is 2. The number of aryl methyl sites for hydroxylation is 1. The summed E-state index contributed by atoms with van der Waals surface area (Å²) in [6, 6.07) is 10.1. The lowest BCUT2D eigenvalue weighted by Gasteiger charge is -2.16. The molecule has 0 radical (unpaired) electrons. The summed E-state index contributed by atoms with van der Waals surface area (Å²) < 4.78 is 1.63. The molecule has 4 rings (SSSR count). The third-order valence-electron chi connectivity index (χ3n) is 6.20. The number of rotatable bonds is 6. The van der Waals surface area contributed by atoms with E-state index in [9.17, 15) is 14.7 Å². The molecule has 0 bridgehead atoms. The molecule has 3 N–H and O–H groups in total. The first-order valence-electron chi connectivity index (χ1n) is 9.88. The molecule has 1 aliphatic heterocycles. The fourth-order valence-electron chi connectivity index (χ4n) is 4.96. The van der Waals surface area contributed by atoms with E-state index < -0.39 is 6.10 Å². The fraction of sp³-hybridized carbons (Fsp3) is 0.476. The molecular weight excluding hydrogens is 370 g/mol. The number of nitrogens with zero attached hydrogens (tertiary/aromatic N) is 3. The van der Waals surface area contributed by atoms with Gasteiger partial charge in [0.2, 0.25) is 11.8 Å². The van der Waals surface area contributed by atoms with Gasteiger partial charge in [-0.15, -0.1) is 0 Å². The van der Waals surface area contributed by atoms with Gasteiger partial charge in [0.25, 0.3) is 0 Å². The van der Waals surface area contributed by atoms with Crippen molar-refractivity contribution in [2.75, 3.05) is 31.5 Å². The molecule has 1 saturated heterocycles. The lowest BCUT2D eigenvalue weighted by atomic mass is 9.95. The van der Waals surface area contributed by atoms with Gasteiger partial charge in [-0.3, -0.25) is 19.2 Å². The van der Waals surface area contributed by atoms with Crippen LogP contribution in [0.3, 0.4) is 0 Å². The molecule has 1 saturated carbocycles. The number of nitrogens with one attached hydrogen (secondary N) is 2. The van der Waals surface area contributed by atoms with Gasteiger partial charge in [-0.05, 0) is 17.4 Å². The van der Waals surface area contributed by atoms with E-state index in [0.29, 0.717) is 25.3 Å². The van der Waals surface area contributed by atoms with Crippen molar-refractivity contribution in [1.82, 2.24) is 20.0 Å². The van der Waals surface area contributed by atoms with Gasteiger partial charge in [-0.2, -0.15) is 5.10 Å². The SMILES string of the molecule is CC(=O)NC[C@@H]1[C@@H](c2ccccc2)[C@]12CN(CC(=O)Nc1cnn(C)c1)C[C@H]2O. The van der Waals surface area contributed by atoms with Crippen molar-refractivity contribution in [2.24, 2.45) is 18.4 Å². The highest BCUT2D eigenvalue weighted by Crippen LogP contribution is 2.68. The van der Waals surface area contributed by atoms with Crippen molar-refractivity contribution >= 4 is 17.5 Å². The van der Waals surface area contributed by atoms with Crippen molar-refractivity contribution < 1.29 is 14.7 Å². The molecule has 2 fully saturated rings. The normalized spacial score (nSPS) is 28.4. The monoisotopic (exact) mass is 397 g/mol. The number of amides is 2. The summed E-state index contributed by atoms with van der Waals surface area (Å²) in [7, 11) is 1.79. The van der Waals surface area contributed by atoms with Crippen LogP contribution in [0.25, 0.3) is 0 Å². The topological polar surface area (TPSA) is 99.5 Å². The Kier molecular flexibility index (Phi) is 5.14. The molecule has 1 aliphatic carbocycles. The van der Waals surface area contributed by atoms with E-state index in [1.807, 2.05) is 23.1 Å². The van der Waals surface area contributed by atoms with Gasteiger partial charge in [0, 0.05) is 45.2 Å². The third kappa shape index (κ3) is 3.77. The average Bonchev–Trinajstić information content (AvgIpc) is 2.92. The number of aromatic nitrogens is 2. The van der Waals surface area contributed by atoms with Gasteiger partial charge >= 0.3 is 0 Å². The molecule has 0 unspecified atom stereocenters. The Morgan fingerprint density at radius 3 is 2.72 bits per heavy atom. The largest absolute Gasteiger partial charge is 0.391 e. The fourth-order valence-corrected chi connectivity index (χ4v) is 4.96. The van der Waals surface area contributed by atoms with Gasteiger partial charge in [-0.25, -0.2) is 0 Å². The maximum atomic E-state index is 12.4.